The van der Waals surface area contributed by atoms with Crippen molar-refractivity contribution in [2.45, 2.75) is 62.7 Å². The Hall–Kier alpha value is -2.72. The number of methoxy groups -OCH3 is 1. The Morgan fingerprint density at radius 1 is 1.12 bits per heavy atom. The van der Waals surface area contributed by atoms with Gasteiger partial charge in [0.1, 0.15) is 18.2 Å². The van der Waals surface area contributed by atoms with E-state index >= 15 is 0 Å². The third kappa shape index (κ3) is 7.51. The maximum Gasteiger partial charge on any atom is 0.305 e. The van der Waals surface area contributed by atoms with E-state index in [2.05, 4.69) is 4.90 Å². The highest BCUT2D eigenvalue weighted by Gasteiger charge is 2.45. The van der Waals surface area contributed by atoms with Crippen LogP contribution in [0.25, 0.3) is 0 Å². The lowest BCUT2D eigenvalue weighted by Gasteiger charge is -2.32. The van der Waals surface area contributed by atoms with Gasteiger partial charge in [0, 0.05) is 38.0 Å². The lowest BCUT2D eigenvalue weighted by Crippen LogP contribution is -2.51. The molecule has 0 saturated carbocycles. The Labute approximate surface area is 243 Å². The second kappa shape index (κ2) is 13.8. The SMILES string of the molecule is COC(=O)CC[C@H](C(=O)CCc1ccc(Cl)c(Cl)c1)N1CCC(COc2ccc(F)cc2)N2C[C@H](N)C[C@H]2C1=O. The fourth-order valence-corrected chi connectivity index (χ4v) is 5.81. The number of esters is 1. The van der Waals surface area contributed by atoms with E-state index in [0.717, 1.165) is 5.56 Å². The summed E-state index contributed by atoms with van der Waals surface area (Å²) in [5.74, 6) is -0.578. The second-order valence-electron chi connectivity index (χ2n) is 10.3. The van der Waals surface area contributed by atoms with Crippen molar-refractivity contribution in [2.24, 2.45) is 5.73 Å². The van der Waals surface area contributed by atoms with Gasteiger partial charge in [-0.05, 0) is 67.6 Å². The van der Waals surface area contributed by atoms with E-state index in [4.69, 9.17) is 38.4 Å². The zero-order valence-electron chi connectivity index (χ0n) is 22.4. The van der Waals surface area contributed by atoms with Crippen LogP contribution in [-0.2, 0) is 25.5 Å². The first-order chi connectivity index (χ1) is 19.2. The van der Waals surface area contributed by atoms with Crippen LogP contribution in [0.15, 0.2) is 42.5 Å². The maximum absolute atomic E-state index is 13.9. The number of halogens is 3. The van der Waals surface area contributed by atoms with Crippen LogP contribution in [0.3, 0.4) is 0 Å². The number of ether oxygens (including phenoxy) is 2. The third-order valence-electron chi connectivity index (χ3n) is 7.61. The molecule has 1 amide bonds. The number of benzene rings is 2. The van der Waals surface area contributed by atoms with Crippen LogP contribution >= 0.6 is 23.2 Å². The molecule has 2 aromatic carbocycles. The average molecular weight is 595 g/mol. The summed E-state index contributed by atoms with van der Waals surface area (Å²) in [4.78, 5) is 43.2. The summed E-state index contributed by atoms with van der Waals surface area (Å²) in [5, 5.41) is 0.836. The highest BCUT2D eigenvalue weighted by Crippen LogP contribution is 2.30. The molecule has 2 N–H and O–H groups in total. The predicted molar refractivity (Wildman–Crippen MR) is 150 cm³/mol. The van der Waals surface area contributed by atoms with Gasteiger partial charge in [-0.1, -0.05) is 29.3 Å². The first-order valence-electron chi connectivity index (χ1n) is 13.4. The van der Waals surface area contributed by atoms with Gasteiger partial charge in [-0.25, -0.2) is 4.39 Å². The summed E-state index contributed by atoms with van der Waals surface area (Å²) < 4.78 is 24.1. The monoisotopic (exact) mass is 593 g/mol. The van der Waals surface area contributed by atoms with Gasteiger partial charge in [-0.2, -0.15) is 0 Å². The summed E-state index contributed by atoms with van der Waals surface area (Å²) in [6.45, 7) is 1.14. The van der Waals surface area contributed by atoms with Crippen molar-refractivity contribution < 1.29 is 28.2 Å². The average Bonchev–Trinajstić information content (AvgIpc) is 3.28. The van der Waals surface area contributed by atoms with Gasteiger partial charge in [-0.15, -0.1) is 0 Å². The summed E-state index contributed by atoms with van der Waals surface area (Å²) in [7, 11) is 1.30. The van der Waals surface area contributed by atoms with Crippen LogP contribution in [0, 0.1) is 5.82 Å². The quantitative estimate of drug-likeness (QED) is 0.392. The molecule has 2 aromatic rings. The number of fused-ring (bicyclic) bond motifs is 1. The first-order valence-corrected chi connectivity index (χ1v) is 14.2. The molecule has 2 aliphatic heterocycles. The van der Waals surface area contributed by atoms with Gasteiger partial charge in [0.15, 0.2) is 5.78 Å². The summed E-state index contributed by atoms with van der Waals surface area (Å²) in [6, 6.07) is 9.39. The highest BCUT2D eigenvalue weighted by atomic mass is 35.5. The number of Topliss-reactive ketones (excluding diaryl/α,β-unsaturated/α-hetero) is 1. The van der Waals surface area contributed by atoms with Crippen molar-refractivity contribution in [3.05, 3.63) is 63.9 Å². The summed E-state index contributed by atoms with van der Waals surface area (Å²) in [6.07, 6.45) is 1.76. The Bertz CT molecular complexity index is 1210. The molecular formula is C29H34Cl2FN3O5. The van der Waals surface area contributed by atoms with Crippen molar-refractivity contribution in [1.29, 1.82) is 0 Å². The molecular weight excluding hydrogens is 560 g/mol. The molecule has 1 unspecified atom stereocenters. The molecule has 0 spiro atoms. The number of aryl methyl sites for hydroxylation is 1. The molecule has 0 radical (unpaired) electrons. The van der Waals surface area contributed by atoms with Crippen LogP contribution in [0.1, 0.15) is 37.7 Å². The maximum atomic E-state index is 13.9. The molecule has 2 saturated heterocycles. The van der Waals surface area contributed by atoms with Crippen LogP contribution in [-0.4, -0.2) is 78.4 Å². The fourth-order valence-electron chi connectivity index (χ4n) is 5.48. The number of rotatable bonds is 11. The van der Waals surface area contributed by atoms with E-state index < -0.39 is 18.1 Å². The zero-order valence-corrected chi connectivity index (χ0v) is 23.9. The largest absolute Gasteiger partial charge is 0.492 e. The molecule has 216 valence electrons. The number of hydrogen-bond donors (Lipinski definition) is 1. The molecule has 0 aliphatic carbocycles. The van der Waals surface area contributed by atoms with Crippen LogP contribution in [0.5, 0.6) is 5.75 Å². The van der Waals surface area contributed by atoms with Crippen molar-refractivity contribution in [3.63, 3.8) is 0 Å². The fraction of sp³-hybridized carbons (Fsp3) is 0.483. The molecule has 2 heterocycles. The predicted octanol–water partition coefficient (Wildman–Crippen LogP) is 4.04. The number of ketones is 1. The van der Waals surface area contributed by atoms with Gasteiger partial charge in [0.2, 0.25) is 5.91 Å². The molecule has 2 fully saturated rings. The van der Waals surface area contributed by atoms with Crippen LogP contribution in [0.4, 0.5) is 4.39 Å². The van der Waals surface area contributed by atoms with Gasteiger partial charge in [0.25, 0.3) is 0 Å². The van der Waals surface area contributed by atoms with Gasteiger partial charge in [-0.3, -0.25) is 19.3 Å². The summed E-state index contributed by atoms with van der Waals surface area (Å²) >= 11 is 12.2. The van der Waals surface area contributed by atoms with Crippen LogP contribution < -0.4 is 10.5 Å². The number of nitrogens with two attached hydrogens (primary N) is 1. The van der Waals surface area contributed by atoms with Crippen molar-refractivity contribution in [1.82, 2.24) is 9.80 Å². The van der Waals surface area contributed by atoms with Gasteiger partial charge >= 0.3 is 5.97 Å². The molecule has 4 rings (SSSR count). The third-order valence-corrected chi connectivity index (χ3v) is 8.35. The molecule has 4 atom stereocenters. The smallest absolute Gasteiger partial charge is 0.305 e. The van der Waals surface area contributed by atoms with Crippen LogP contribution in [0.2, 0.25) is 10.0 Å². The standard InChI is InChI=1S/C29H34Cl2FN3O5/c1-39-28(37)11-9-25(27(36)10-3-18-2-8-23(30)24(31)14-18)34-13-12-21(17-40-22-6-4-19(32)5-7-22)35-16-20(33)15-26(35)29(34)38/h2,4-8,14,20-21,25-26H,3,9-13,15-17,33H2,1H3/t20-,21?,25-,26+/m1/s1. The topological polar surface area (TPSA) is 102 Å². The molecule has 40 heavy (non-hydrogen) atoms. The molecule has 8 nitrogen and oxygen atoms in total. The molecule has 0 aromatic heterocycles. The van der Waals surface area contributed by atoms with E-state index in [-0.39, 0.29) is 55.5 Å². The first kappa shape index (κ1) is 30.2. The Kier molecular flexibility index (Phi) is 10.4. The minimum absolute atomic E-state index is 0.00839. The Morgan fingerprint density at radius 2 is 1.88 bits per heavy atom. The van der Waals surface area contributed by atoms with E-state index in [1.54, 1.807) is 29.2 Å². The Morgan fingerprint density at radius 3 is 2.58 bits per heavy atom. The zero-order chi connectivity index (χ0) is 28.8. The number of nitrogens with zero attached hydrogens (tertiary/aromatic N) is 2. The second-order valence-corrected chi connectivity index (χ2v) is 11.1. The summed E-state index contributed by atoms with van der Waals surface area (Å²) in [5.41, 5.74) is 7.13. The van der Waals surface area contributed by atoms with E-state index in [1.807, 2.05) is 6.07 Å². The van der Waals surface area contributed by atoms with Crippen molar-refractivity contribution in [3.8, 4) is 5.75 Å². The normalized spacial score (nSPS) is 22.0. The molecule has 2 aliphatic rings. The molecule has 11 heteroatoms. The minimum Gasteiger partial charge on any atom is -0.492 e. The van der Waals surface area contributed by atoms with Crippen molar-refractivity contribution in [2.75, 3.05) is 26.8 Å². The van der Waals surface area contributed by atoms with Gasteiger partial charge in [0.05, 0.1) is 29.2 Å². The molecule has 0 bridgehead atoms. The van der Waals surface area contributed by atoms with E-state index in [9.17, 15) is 18.8 Å². The lowest BCUT2D eigenvalue weighted by molar-refractivity contribution is -0.145. The van der Waals surface area contributed by atoms with E-state index in [0.29, 0.717) is 48.1 Å². The number of hydrogen-bond acceptors (Lipinski definition) is 7. The number of amides is 1. The lowest BCUT2D eigenvalue weighted by atomic mass is 9.97. The minimum atomic E-state index is -0.787. The number of carbonyl (C=O) groups is 3. The number of carbonyl (C=O) groups excluding carboxylic acids is 3. The van der Waals surface area contributed by atoms with E-state index in [1.165, 1.54) is 19.2 Å². The highest BCUT2D eigenvalue weighted by molar-refractivity contribution is 6.42. The van der Waals surface area contributed by atoms with Gasteiger partial charge < -0.3 is 20.1 Å². The van der Waals surface area contributed by atoms with Crippen molar-refractivity contribution >= 4 is 40.9 Å². The Balaban J connectivity index is 1.51.